The van der Waals surface area contributed by atoms with E-state index in [0.29, 0.717) is 12.2 Å². The fourth-order valence-corrected chi connectivity index (χ4v) is 5.58. The van der Waals surface area contributed by atoms with Crippen LogP contribution in [0.1, 0.15) is 69.2 Å². The summed E-state index contributed by atoms with van der Waals surface area (Å²) in [4.78, 5) is 37.3. The van der Waals surface area contributed by atoms with E-state index in [9.17, 15) is 14.0 Å². The highest BCUT2D eigenvalue weighted by atomic mass is 19.1. The summed E-state index contributed by atoms with van der Waals surface area (Å²) < 4.78 is 19.5. The first kappa shape index (κ1) is 24.2. The van der Waals surface area contributed by atoms with Crippen LogP contribution in [0.4, 0.5) is 4.39 Å². The molecule has 2 unspecified atom stereocenters. The average Bonchev–Trinajstić information content (AvgIpc) is 3.67. The Morgan fingerprint density at radius 1 is 1.25 bits per heavy atom. The van der Waals surface area contributed by atoms with E-state index in [-0.39, 0.29) is 42.5 Å². The van der Waals surface area contributed by atoms with Crippen LogP contribution in [0.15, 0.2) is 53.8 Å². The van der Waals surface area contributed by atoms with Crippen LogP contribution in [0.5, 0.6) is 5.75 Å². The number of aromatic nitrogens is 1. The van der Waals surface area contributed by atoms with Gasteiger partial charge in [-0.3, -0.25) is 19.5 Å². The minimum absolute atomic E-state index is 0.0481. The zero-order valence-electron chi connectivity index (χ0n) is 20.6. The molecule has 1 fully saturated rings. The molecule has 1 saturated carbocycles. The average molecular weight is 494 g/mol. The third-order valence-electron chi connectivity index (χ3n) is 7.84. The second kappa shape index (κ2) is 9.52. The van der Waals surface area contributed by atoms with Crippen molar-refractivity contribution in [3.63, 3.8) is 0 Å². The number of rotatable bonds is 7. The van der Waals surface area contributed by atoms with Crippen LogP contribution in [0, 0.1) is 11.8 Å². The number of benzene rings is 1. The number of carbonyl (C=O) groups excluding carboxylic acids is 2. The van der Waals surface area contributed by atoms with Gasteiger partial charge in [-0.05, 0) is 42.9 Å². The van der Waals surface area contributed by atoms with Crippen molar-refractivity contribution in [3.05, 3.63) is 59.9 Å². The SMILES string of the molecule is CCC1(CC)CC(=O)N([C@H](c2cccnc2)C2C[C@H]2C(=O)N[C@H]2CC(F)Oc3ccccc32)C(N)=N1. The lowest BCUT2D eigenvalue weighted by Crippen LogP contribution is -2.53. The van der Waals surface area contributed by atoms with E-state index >= 15 is 0 Å². The van der Waals surface area contributed by atoms with Crippen molar-refractivity contribution in [1.29, 1.82) is 0 Å². The van der Waals surface area contributed by atoms with Gasteiger partial charge < -0.3 is 15.8 Å². The fraction of sp³-hybridized carbons (Fsp3) is 0.481. The van der Waals surface area contributed by atoms with Crippen LogP contribution in [-0.2, 0) is 9.59 Å². The molecule has 3 aliphatic rings. The summed E-state index contributed by atoms with van der Waals surface area (Å²) in [5.41, 5.74) is 7.50. The molecule has 36 heavy (non-hydrogen) atoms. The number of carbonyl (C=O) groups is 2. The van der Waals surface area contributed by atoms with Gasteiger partial charge in [-0.15, -0.1) is 0 Å². The summed E-state index contributed by atoms with van der Waals surface area (Å²) in [6.45, 7) is 4.03. The summed E-state index contributed by atoms with van der Waals surface area (Å²) >= 11 is 0. The van der Waals surface area contributed by atoms with Crippen molar-refractivity contribution in [1.82, 2.24) is 15.2 Å². The van der Waals surface area contributed by atoms with Crippen molar-refractivity contribution in [2.24, 2.45) is 22.6 Å². The van der Waals surface area contributed by atoms with Crippen molar-refractivity contribution < 1.29 is 18.7 Å². The smallest absolute Gasteiger partial charge is 0.240 e. The Morgan fingerprint density at radius 3 is 2.72 bits per heavy atom. The van der Waals surface area contributed by atoms with Gasteiger partial charge in [-0.1, -0.05) is 38.1 Å². The molecule has 1 aromatic carbocycles. The number of fused-ring (bicyclic) bond motifs is 1. The third-order valence-corrected chi connectivity index (χ3v) is 7.84. The molecule has 1 aliphatic carbocycles. The Kier molecular flexibility index (Phi) is 6.40. The molecule has 8 nitrogen and oxygen atoms in total. The molecule has 0 radical (unpaired) electrons. The molecular weight excluding hydrogens is 461 g/mol. The Hall–Kier alpha value is -3.49. The quantitative estimate of drug-likeness (QED) is 0.610. The number of amides is 2. The van der Waals surface area contributed by atoms with Gasteiger partial charge in [0.05, 0.1) is 24.0 Å². The summed E-state index contributed by atoms with van der Waals surface area (Å²) in [5.74, 6) is -0.121. The highest BCUT2D eigenvalue weighted by molar-refractivity contribution is 5.99. The lowest BCUT2D eigenvalue weighted by atomic mass is 9.87. The second-order valence-corrected chi connectivity index (χ2v) is 9.94. The minimum Gasteiger partial charge on any atom is -0.460 e. The van der Waals surface area contributed by atoms with Gasteiger partial charge >= 0.3 is 0 Å². The van der Waals surface area contributed by atoms with Gasteiger partial charge in [0, 0.05) is 30.3 Å². The maximum atomic E-state index is 14.2. The Bertz CT molecular complexity index is 1170. The zero-order valence-corrected chi connectivity index (χ0v) is 20.6. The number of ether oxygens (including phenoxy) is 1. The summed E-state index contributed by atoms with van der Waals surface area (Å²) in [7, 11) is 0. The standard InChI is InChI=1S/C27H32FN5O3/c1-3-27(4-2)14-23(34)33(26(29)32-27)24(16-8-7-11-30-15-16)18-12-19(18)25(35)31-20-13-22(28)36-21-10-6-5-9-17(20)21/h5-11,15,18-20,22,24H,3-4,12-14H2,1-2H3,(H2,29,32)(H,31,35)/t18?,19-,20+,22?,24-/m1/s1. The molecule has 1 aromatic heterocycles. The van der Waals surface area contributed by atoms with Gasteiger partial charge in [0.1, 0.15) is 5.75 Å². The van der Waals surface area contributed by atoms with Crippen LogP contribution in [0.25, 0.3) is 0 Å². The van der Waals surface area contributed by atoms with Crippen molar-refractivity contribution in [3.8, 4) is 5.75 Å². The largest absolute Gasteiger partial charge is 0.460 e. The monoisotopic (exact) mass is 493 g/mol. The number of guanidine groups is 1. The van der Waals surface area contributed by atoms with E-state index in [1.807, 2.05) is 38.1 Å². The number of aliphatic imine (C=N–C) groups is 1. The summed E-state index contributed by atoms with van der Waals surface area (Å²) in [5, 5.41) is 3.02. The van der Waals surface area contributed by atoms with Crippen LogP contribution < -0.4 is 15.8 Å². The molecule has 0 saturated heterocycles. The van der Waals surface area contributed by atoms with E-state index < -0.39 is 24.0 Å². The first-order valence-electron chi connectivity index (χ1n) is 12.6. The highest BCUT2D eigenvalue weighted by Crippen LogP contribution is 2.51. The highest BCUT2D eigenvalue weighted by Gasteiger charge is 2.53. The third kappa shape index (κ3) is 4.42. The number of pyridine rings is 1. The fourth-order valence-electron chi connectivity index (χ4n) is 5.58. The van der Waals surface area contributed by atoms with Gasteiger partial charge in [0.15, 0.2) is 5.96 Å². The molecule has 2 aromatic rings. The van der Waals surface area contributed by atoms with E-state index in [2.05, 4.69) is 10.3 Å². The molecule has 2 aliphatic heterocycles. The number of para-hydroxylation sites is 1. The molecule has 9 heteroatoms. The zero-order chi connectivity index (χ0) is 25.4. The normalized spacial score (nSPS) is 27.4. The number of nitrogens with one attached hydrogen (secondary N) is 1. The van der Waals surface area contributed by atoms with Crippen LogP contribution in [0.3, 0.4) is 0 Å². The molecule has 5 atom stereocenters. The molecular formula is C27H32FN5O3. The lowest BCUT2D eigenvalue weighted by Gasteiger charge is -2.40. The van der Waals surface area contributed by atoms with Crippen LogP contribution in [-0.4, -0.2) is 39.6 Å². The van der Waals surface area contributed by atoms with Gasteiger partial charge in [-0.2, -0.15) is 0 Å². The maximum Gasteiger partial charge on any atom is 0.240 e. The number of nitrogens with two attached hydrogens (primary N) is 1. The first-order valence-corrected chi connectivity index (χ1v) is 12.6. The van der Waals surface area contributed by atoms with Crippen molar-refractivity contribution in [2.75, 3.05) is 0 Å². The molecule has 5 rings (SSSR count). The number of halogens is 1. The molecule has 3 heterocycles. The summed E-state index contributed by atoms with van der Waals surface area (Å²) in [6, 6.07) is 9.94. The van der Waals surface area contributed by atoms with E-state index in [1.54, 1.807) is 29.4 Å². The topological polar surface area (TPSA) is 110 Å². The van der Waals surface area contributed by atoms with Gasteiger partial charge in [-0.25, -0.2) is 9.38 Å². The second-order valence-electron chi connectivity index (χ2n) is 9.94. The van der Waals surface area contributed by atoms with E-state index in [4.69, 9.17) is 15.5 Å². The van der Waals surface area contributed by atoms with Crippen molar-refractivity contribution >= 4 is 17.8 Å². The predicted octanol–water partition coefficient (Wildman–Crippen LogP) is 3.80. The molecule has 190 valence electrons. The molecule has 3 N–H and O–H groups in total. The van der Waals surface area contributed by atoms with Gasteiger partial charge in [0.2, 0.25) is 18.2 Å². The van der Waals surface area contributed by atoms with E-state index in [1.165, 1.54) is 0 Å². The first-order chi connectivity index (χ1) is 17.4. The van der Waals surface area contributed by atoms with Gasteiger partial charge in [0.25, 0.3) is 0 Å². The number of nitrogens with zero attached hydrogens (tertiary/aromatic N) is 3. The maximum absolute atomic E-state index is 14.2. The summed E-state index contributed by atoms with van der Waals surface area (Å²) in [6.07, 6.45) is 4.24. The molecule has 0 bridgehead atoms. The van der Waals surface area contributed by atoms with Crippen molar-refractivity contribution in [2.45, 2.75) is 69.9 Å². The number of hydrogen-bond acceptors (Lipinski definition) is 6. The molecule has 2 amide bonds. The predicted molar refractivity (Wildman–Crippen MR) is 132 cm³/mol. The van der Waals surface area contributed by atoms with E-state index in [0.717, 1.165) is 24.0 Å². The molecule has 0 spiro atoms. The van der Waals surface area contributed by atoms with Crippen LogP contribution in [0.2, 0.25) is 0 Å². The number of hydrogen-bond donors (Lipinski definition) is 2. The Labute approximate surface area is 210 Å². The Balaban J connectivity index is 1.39. The lowest BCUT2D eigenvalue weighted by molar-refractivity contribution is -0.132. The minimum atomic E-state index is -1.48. The number of alkyl halides is 1. The van der Waals surface area contributed by atoms with Crippen LogP contribution >= 0.6 is 0 Å². The Morgan fingerprint density at radius 2 is 2.03 bits per heavy atom.